The van der Waals surface area contributed by atoms with Gasteiger partial charge in [-0.2, -0.15) is 0 Å². The van der Waals surface area contributed by atoms with Gasteiger partial charge in [0.2, 0.25) is 0 Å². The lowest BCUT2D eigenvalue weighted by molar-refractivity contribution is 0.0941. The number of carbonyl (C=O) groups is 1. The van der Waals surface area contributed by atoms with E-state index in [4.69, 9.17) is 4.52 Å². The third-order valence-electron chi connectivity index (χ3n) is 3.86. The molecule has 1 aliphatic rings. The molecule has 0 fully saturated rings. The average Bonchev–Trinajstić information content (AvgIpc) is 2.91. The van der Waals surface area contributed by atoms with Gasteiger partial charge >= 0.3 is 0 Å². The van der Waals surface area contributed by atoms with Crippen LogP contribution < -0.4 is 5.32 Å². The largest absolute Gasteiger partial charge is 0.361 e. The van der Waals surface area contributed by atoms with Gasteiger partial charge in [-0.3, -0.25) is 4.79 Å². The van der Waals surface area contributed by atoms with Crippen molar-refractivity contribution in [2.45, 2.75) is 32.1 Å². The Labute approximate surface area is 118 Å². The van der Waals surface area contributed by atoms with Crippen molar-refractivity contribution in [3.63, 3.8) is 0 Å². The van der Waals surface area contributed by atoms with Crippen LogP contribution in [0.3, 0.4) is 0 Å². The van der Waals surface area contributed by atoms with Crippen molar-refractivity contribution in [3.05, 3.63) is 52.9 Å². The van der Waals surface area contributed by atoms with Crippen molar-refractivity contribution >= 4 is 5.91 Å². The minimum Gasteiger partial charge on any atom is -0.361 e. The molecule has 0 bridgehead atoms. The number of hydrogen-bond acceptors (Lipinski definition) is 3. The molecule has 1 amide bonds. The quantitative estimate of drug-likeness (QED) is 0.933. The summed E-state index contributed by atoms with van der Waals surface area (Å²) < 4.78 is 4.92. The summed E-state index contributed by atoms with van der Waals surface area (Å²) in [5.41, 5.74) is 3.14. The molecule has 3 rings (SSSR count). The fourth-order valence-corrected chi connectivity index (χ4v) is 2.85. The molecule has 104 valence electrons. The highest BCUT2D eigenvalue weighted by Crippen LogP contribution is 2.30. The van der Waals surface area contributed by atoms with Crippen molar-refractivity contribution in [1.29, 1.82) is 0 Å². The van der Waals surface area contributed by atoms with Gasteiger partial charge in [0.05, 0.1) is 0 Å². The van der Waals surface area contributed by atoms with Crippen LogP contribution in [0.25, 0.3) is 0 Å². The van der Waals surface area contributed by atoms with E-state index in [0.29, 0.717) is 23.9 Å². The molecule has 1 aromatic heterocycles. The Morgan fingerprint density at radius 2 is 2.30 bits per heavy atom. The van der Waals surface area contributed by atoms with Gasteiger partial charge in [0, 0.05) is 18.5 Å². The normalized spacial score (nSPS) is 17.6. The molecular weight excluding hydrogens is 252 g/mol. The number of nitrogens with one attached hydrogen (secondary N) is 1. The van der Waals surface area contributed by atoms with Gasteiger partial charge in [0.1, 0.15) is 5.76 Å². The molecule has 1 N–H and O–H groups in total. The molecule has 0 aliphatic heterocycles. The number of aromatic nitrogens is 1. The van der Waals surface area contributed by atoms with E-state index >= 15 is 0 Å². The van der Waals surface area contributed by atoms with Crippen LogP contribution in [0.1, 0.15) is 46.1 Å². The highest BCUT2D eigenvalue weighted by atomic mass is 16.5. The van der Waals surface area contributed by atoms with Gasteiger partial charge in [-0.05, 0) is 37.3 Å². The van der Waals surface area contributed by atoms with Crippen molar-refractivity contribution in [2.75, 3.05) is 6.54 Å². The SMILES string of the molecule is Cc1cc(C(=O)NCC2CCCc3ccccc32)no1. The highest BCUT2D eigenvalue weighted by molar-refractivity contribution is 5.92. The van der Waals surface area contributed by atoms with E-state index in [-0.39, 0.29) is 5.91 Å². The van der Waals surface area contributed by atoms with E-state index in [1.165, 1.54) is 17.5 Å². The standard InChI is InChI=1S/C16H18N2O2/c1-11-9-15(18-20-11)16(19)17-10-13-7-4-6-12-5-2-3-8-14(12)13/h2-3,5,8-9,13H,4,6-7,10H2,1H3,(H,17,19). The van der Waals surface area contributed by atoms with Crippen molar-refractivity contribution in [2.24, 2.45) is 0 Å². The fourth-order valence-electron chi connectivity index (χ4n) is 2.85. The first-order valence-corrected chi connectivity index (χ1v) is 7.03. The predicted octanol–water partition coefficient (Wildman–Crippen LogP) is 2.83. The first kappa shape index (κ1) is 12.9. The zero-order valence-electron chi connectivity index (χ0n) is 11.6. The van der Waals surface area contributed by atoms with Gasteiger partial charge < -0.3 is 9.84 Å². The summed E-state index contributed by atoms with van der Waals surface area (Å²) in [4.78, 5) is 12.0. The van der Waals surface area contributed by atoms with Crippen LogP contribution in [-0.4, -0.2) is 17.6 Å². The van der Waals surface area contributed by atoms with E-state index in [2.05, 4.69) is 34.7 Å². The minimum absolute atomic E-state index is 0.162. The predicted molar refractivity (Wildman–Crippen MR) is 75.7 cm³/mol. The van der Waals surface area contributed by atoms with E-state index in [1.54, 1.807) is 13.0 Å². The van der Waals surface area contributed by atoms with Crippen molar-refractivity contribution in [3.8, 4) is 0 Å². The Balaban J connectivity index is 1.66. The molecule has 1 aromatic carbocycles. The third-order valence-corrected chi connectivity index (χ3v) is 3.86. The summed E-state index contributed by atoms with van der Waals surface area (Å²) in [5.74, 6) is 0.889. The summed E-state index contributed by atoms with van der Waals surface area (Å²) in [7, 11) is 0. The molecule has 2 aromatic rings. The second-order valence-electron chi connectivity index (χ2n) is 5.32. The second-order valence-corrected chi connectivity index (χ2v) is 5.32. The summed E-state index contributed by atoms with van der Waals surface area (Å²) in [6, 6.07) is 10.2. The Morgan fingerprint density at radius 1 is 1.45 bits per heavy atom. The van der Waals surface area contributed by atoms with Crippen molar-refractivity contribution in [1.82, 2.24) is 10.5 Å². The zero-order chi connectivity index (χ0) is 13.9. The average molecular weight is 270 g/mol. The molecular formula is C16H18N2O2. The number of nitrogens with zero attached hydrogens (tertiary/aromatic N) is 1. The van der Waals surface area contributed by atoms with Crippen LogP contribution in [0.4, 0.5) is 0 Å². The van der Waals surface area contributed by atoms with Crippen LogP contribution in [0.2, 0.25) is 0 Å². The molecule has 20 heavy (non-hydrogen) atoms. The Bertz CT molecular complexity index is 618. The molecule has 0 saturated carbocycles. The number of carbonyl (C=O) groups excluding carboxylic acids is 1. The maximum absolute atomic E-state index is 12.0. The van der Waals surface area contributed by atoms with E-state index in [9.17, 15) is 4.79 Å². The molecule has 1 heterocycles. The first-order chi connectivity index (χ1) is 9.74. The zero-order valence-corrected chi connectivity index (χ0v) is 11.6. The monoisotopic (exact) mass is 270 g/mol. The minimum atomic E-state index is -0.162. The molecule has 0 spiro atoms. The van der Waals surface area contributed by atoms with Crippen LogP contribution in [0.15, 0.2) is 34.9 Å². The smallest absolute Gasteiger partial charge is 0.273 e. The molecule has 0 radical (unpaired) electrons. The lowest BCUT2D eigenvalue weighted by Crippen LogP contribution is -2.30. The number of benzene rings is 1. The summed E-state index contributed by atoms with van der Waals surface area (Å²) in [6.45, 7) is 2.43. The van der Waals surface area contributed by atoms with Crippen molar-refractivity contribution < 1.29 is 9.32 Å². The highest BCUT2D eigenvalue weighted by Gasteiger charge is 2.21. The van der Waals surface area contributed by atoms with Gasteiger partial charge in [-0.15, -0.1) is 0 Å². The van der Waals surface area contributed by atoms with Gasteiger partial charge in [-0.1, -0.05) is 29.4 Å². The fraction of sp³-hybridized carbons (Fsp3) is 0.375. The van der Waals surface area contributed by atoms with Crippen LogP contribution in [0, 0.1) is 6.92 Å². The Morgan fingerprint density at radius 3 is 3.10 bits per heavy atom. The van der Waals surface area contributed by atoms with Gasteiger partial charge in [0.15, 0.2) is 5.69 Å². The van der Waals surface area contributed by atoms with Crippen LogP contribution in [0.5, 0.6) is 0 Å². The Kier molecular flexibility index (Phi) is 3.54. The van der Waals surface area contributed by atoms with Crippen LogP contribution in [-0.2, 0) is 6.42 Å². The van der Waals surface area contributed by atoms with Gasteiger partial charge in [0.25, 0.3) is 5.91 Å². The summed E-state index contributed by atoms with van der Waals surface area (Å²) in [5, 5.41) is 6.70. The summed E-state index contributed by atoms with van der Waals surface area (Å²) >= 11 is 0. The first-order valence-electron chi connectivity index (χ1n) is 7.03. The third kappa shape index (κ3) is 2.59. The molecule has 1 atom stereocenters. The molecule has 1 unspecified atom stereocenters. The van der Waals surface area contributed by atoms with E-state index < -0.39 is 0 Å². The van der Waals surface area contributed by atoms with E-state index in [1.807, 2.05) is 0 Å². The topological polar surface area (TPSA) is 55.1 Å². The Hall–Kier alpha value is -2.10. The van der Waals surface area contributed by atoms with Gasteiger partial charge in [-0.25, -0.2) is 0 Å². The van der Waals surface area contributed by atoms with E-state index in [0.717, 1.165) is 12.8 Å². The summed E-state index contributed by atoms with van der Waals surface area (Å²) in [6.07, 6.45) is 3.44. The molecule has 1 aliphatic carbocycles. The molecule has 0 saturated heterocycles. The number of aryl methyl sites for hydroxylation is 2. The molecule has 4 nitrogen and oxygen atoms in total. The lowest BCUT2D eigenvalue weighted by atomic mass is 9.83. The second kappa shape index (κ2) is 5.49. The number of amides is 1. The maximum Gasteiger partial charge on any atom is 0.273 e. The van der Waals surface area contributed by atoms with Crippen LogP contribution >= 0.6 is 0 Å². The lowest BCUT2D eigenvalue weighted by Gasteiger charge is -2.25. The number of rotatable bonds is 3. The number of fused-ring (bicyclic) bond motifs is 1. The molecule has 4 heteroatoms. The number of hydrogen-bond donors (Lipinski definition) is 1. The maximum atomic E-state index is 12.0.